The molecule has 0 bridgehead atoms. The number of rotatable bonds is 2. The Morgan fingerprint density at radius 1 is 1.46 bits per heavy atom. The number of likely N-dealkylation sites (tertiary alicyclic amines) is 1. The van der Waals surface area contributed by atoms with E-state index in [9.17, 15) is 10.0 Å². The number of fused-ring (bicyclic) bond motifs is 1. The van der Waals surface area contributed by atoms with E-state index in [1.54, 1.807) is 18.3 Å². The molecular formula is C16H20N4O3P+. The zero-order valence-electron chi connectivity index (χ0n) is 13.4. The Hall–Kier alpha value is -1.98. The molecule has 8 heteroatoms. The smallest absolute Gasteiger partial charge is 0.310 e. The first-order valence-corrected chi connectivity index (χ1v) is 8.55. The molecule has 2 aliphatic rings. The lowest BCUT2D eigenvalue weighted by molar-refractivity contribution is -0.904. The van der Waals surface area contributed by atoms with Gasteiger partial charge in [-0.2, -0.15) is 0 Å². The number of oxazole rings is 1. The third kappa shape index (κ3) is 2.48. The minimum absolute atomic E-state index is 0.126. The van der Waals surface area contributed by atoms with E-state index in [1.807, 2.05) is 4.90 Å². The highest BCUT2D eigenvalue weighted by Gasteiger charge is 2.47. The van der Waals surface area contributed by atoms with Crippen molar-refractivity contribution in [3.63, 3.8) is 0 Å². The van der Waals surface area contributed by atoms with Gasteiger partial charge >= 0.3 is 5.91 Å². The van der Waals surface area contributed by atoms with Gasteiger partial charge in [-0.15, -0.1) is 0 Å². The van der Waals surface area contributed by atoms with E-state index in [0.29, 0.717) is 17.7 Å². The van der Waals surface area contributed by atoms with Crippen LogP contribution in [0.25, 0.3) is 11.3 Å². The van der Waals surface area contributed by atoms with E-state index in [-0.39, 0.29) is 17.8 Å². The molecule has 4 rings (SSSR count). The predicted molar refractivity (Wildman–Crippen MR) is 88.1 cm³/mol. The van der Waals surface area contributed by atoms with Crippen LogP contribution in [0.4, 0.5) is 0 Å². The second-order valence-corrected chi connectivity index (χ2v) is 7.12. The van der Waals surface area contributed by atoms with Gasteiger partial charge in [-0.3, -0.25) is 14.7 Å². The lowest BCUT2D eigenvalue weighted by Gasteiger charge is -2.22. The summed E-state index contributed by atoms with van der Waals surface area (Å²) in [5.74, 6) is 1.01. The first kappa shape index (κ1) is 15.5. The highest BCUT2D eigenvalue weighted by Crippen LogP contribution is 2.38. The van der Waals surface area contributed by atoms with Crippen LogP contribution < -0.4 is 4.73 Å². The number of aromatic nitrogens is 2. The Bertz CT molecular complexity index is 763. The maximum atomic E-state index is 12.8. The number of hydrogen-bond donors (Lipinski definition) is 1. The van der Waals surface area contributed by atoms with Crippen molar-refractivity contribution in [3.8, 4) is 11.3 Å². The second kappa shape index (κ2) is 5.83. The summed E-state index contributed by atoms with van der Waals surface area (Å²) >= 11 is 0. The van der Waals surface area contributed by atoms with Crippen LogP contribution in [0, 0.1) is 5.92 Å². The predicted octanol–water partition coefficient (Wildman–Crippen LogP) is 1.19. The van der Waals surface area contributed by atoms with Crippen molar-refractivity contribution in [1.29, 1.82) is 0 Å². The SMILES string of the molecule is CC1C2CCN(C(=O)c3ncc(-c4cc[n+](O)cc4)o3)C2CN1P. The third-order valence-electron chi connectivity index (χ3n) is 5.19. The van der Waals surface area contributed by atoms with Crippen LogP contribution >= 0.6 is 9.39 Å². The Labute approximate surface area is 142 Å². The van der Waals surface area contributed by atoms with Crippen LogP contribution in [-0.4, -0.2) is 50.8 Å². The lowest BCUT2D eigenvalue weighted by Crippen LogP contribution is -2.39. The van der Waals surface area contributed by atoms with Crippen molar-refractivity contribution in [2.24, 2.45) is 5.92 Å². The van der Waals surface area contributed by atoms with Crippen molar-refractivity contribution in [2.75, 3.05) is 13.1 Å². The molecule has 126 valence electrons. The van der Waals surface area contributed by atoms with Gasteiger partial charge in [-0.05, 0) is 19.3 Å². The molecule has 0 aromatic carbocycles. The van der Waals surface area contributed by atoms with E-state index < -0.39 is 0 Å². The van der Waals surface area contributed by atoms with Crippen LogP contribution in [0.15, 0.2) is 35.1 Å². The number of carbonyl (C=O) groups excluding carboxylic acids is 1. The molecule has 0 aliphatic carbocycles. The molecule has 4 atom stereocenters. The normalized spacial score (nSPS) is 26.8. The zero-order chi connectivity index (χ0) is 16.8. The Kier molecular flexibility index (Phi) is 3.77. The first-order valence-electron chi connectivity index (χ1n) is 8.03. The molecule has 2 aromatic rings. The van der Waals surface area contributed by atoms with Gasteiger partial charge in [0.05, 0.1) is 6.20 Å². The number of pyridine rings is 1. The molecule has 1 N–H and O–H groups in total. The quantitative estimate of drug-likeness (QED) is 0.502. The van der Waals surface area contributed by atoms with Gasteiger partial charge < -0.3 is 9.32 Å². The molecule has 24 heavy (non-hydrogen) atoms. The van der Waals surface area contributed by atoms with Gasteiger partial charge in [0.25, 0.3) is 5.89 Å². The Balaban J connectivity index is 1.54. The standard InChI is InChI=1S/C16H20N4O3P/c1-10-12-4-7-19(13(12)9-20(10)24)16(21)15-17-8-14(23-15)11-2-5-18(22)6-3-11/h2-3,5-6,8,10,12-13,22H,4,7,9,24H2,1H3/q+1. The molecular weight excluding hydrogens is 327 g/mol. The highest BCUT2D eigenvalue weighted by molar-refractivity contribution is 7.13. The fourth-order valence-corrected chi connectivity index (χ4v) is 4.20. The summed E-state index contributed by atoms with van der Waals surface area (Å²) in [6, 6.07) is 4.09. The summed E-state index contributed by atoms with van der Waals surface area (Å²) in [5, 5.41) is 9.27. The average molecular weight is 347 g/mol. The molecule has 7 nitrogen and oxygen atoms in total. The summed E-state index contributed by atoms with van der Waals surface area (Å²) in [4.78, 5) is 18.9. The fraction of sp³-hybridized carbons (Fsp3) is 0.438. The summed E-state index contributed by atoms with van der Waals surface area (Å²) in [6.45, 7) is 3.83. The first-order chi connectivity index (χ1) is 11.5. The van der Waals surface area contributed by atoms with E-state index in [1.165, 1.54) is 12.4 Å². The fourth-order valence-electron chi connectivity index (χ4n) is 3.77. The molecule has 4 unspecified atom stereocenters. The average Bonchev–Trinajstić information content (AvgIpc) is 3.26. The van der Waals surface area contributed by atoms with Crippen LogP contribution in [0.2, 0.25) is 0 Å². The van der Waals surface area contributed by atoms with Gasteiger partial charge in [-0.1, -0.05) is 9.39 Å². The minimum Gasteiger partial charge on any atom is -0.432 e. The van der Waals surface area contributed by atoms with Gasteiger partial charge in [-0.25, -0.2) is 4.98 Å². The Morgan fingerprint density at radius 2 is 2.21 bits per heavy atom. The largest absolute Gasteiger partial charge is 0.432 e. The van der Waals surface area contributed by atoms with E-state index in [4.69, 9.17) is 4.42 Å². The topological polar surface area (TPSA) is 73.7 Å². The highest BCUT2D eigenvalue weighted by atomic mass is 31.0. The molecule has 4 heterocycles. The van der Waals surface area contributed by atoms with Crippen molar-refractivity contribution in [1.82, 2.24) is 14.6 Å². The van der Waals surface area contributed by atoms with Gasteiger partial charge in [0, 0.05) is 47.6 Å². The molecule has 1 amide bonds. The molecule has 2 fully saturated rings. The van der Waals surface area contributed by atoms with Crippen LogP contribution in [-0.2, 0) is 0 Å². The zero-order valence-corrected chi connectivity index (χ0v) is 14.5. The van der Waals surface area contributed by atoms with Crippen molar-refractivity contribution < 1.29 is 19.1 Å². The summed E-state index contributed by atoms with van der Waals surface area (Å²) in [5.41, 5.74) is 0.761. The van der Waals surface area contributed by atoms with Gasteiger partial charge in [0.2, 0.25) is 12.4 Å². The minimum atomic E-state index is -0.144. The van der Waals surface area contributed by atoms with Crippen molar-refractivity contribution >= 4 is 15.3 Å². The number of amides is 1. The van der Waals surface area contributed by atoms with Gasteiger partial charge in [0.15, 0.2) is 5.76 Å². The molecule has 2 aromatic heterocycles. The van der Waals surface area contributed by atoms with Crippen molar-refractivity contribution in [3.05, 3.63) is 36.6 Å². The Morgan fingerprint density at radius 3 is 2.96 bits per heavy atom. The number of nitrogens with zero attached hydrogens (tertiary/aromatic N) is 4. The molecule has 0 spiro atoms. The lowest BCUT2D eigenvalue weighted by atomic mass is 9.98. The monoisotopic (exact) mass is 347 g/mol. The maximum Gasteiger partial charge on any atom is 0.310 e. The van der Waals surface area contributed by atoms with Gasteiger partial charge in [0.1, 0.15) is 0 Å². The molecule has 2 saturated heterocycles. The molecule has 2 aliphatic heterocycles. The number of carbonyl (C=O) groups is 1. The van der Waals surface area contributed by atoms with Crippen molar-refractivity contribution in [2.45, 2.75) is 25.4 Å². The summed E-state index contributed by atoms with van der Waals surface area (Å²) in [6.07, 6.45) is 5.57. The maximum absolute atomic E-state index is 12.8. The number of hydrogen-bond acceptors (Lipinski definition) is 5. The van der Waals surface area contributed by atoms with E-state index in [0.717, 1.165) is 29.8 Å². The van der Waals surface area contributed by atoms with Crippen LogP contribution in [0.3, 0.4) is 0 Å². The third-order valence-corrected chi connectivity index (χ3v) is 5.87. The van der Waals surface area contributed by atoms with Crippen LogP contribution in [0.1, 0.15) is 24.0 Å². The van der Waals surface area contributed by atoms with E-state index in [2.05, 4.69) is 26.0 Å². The summed E-state index contributed by atoms with van der Waals surface area (Å²) < 4.78 is 8.85. The molecule has 0 saturated carbocycles. The summed E-state index contributed by atoms with van der Waals surface area (Å²) in [7, 11) is 2.76. The van der Waals surface area contributed by atoms with Crippen LogP contribution in [0.5, 0.6) is 0 Å². The second-order valence-electron chi connectivity index (χ2n) is 6.45. The van der Waals surface area contributed by atoms with E-state index >= 15 is 0 Å². The molecule has 0 radical (unpaired) electrons.